The van der Waals surface area contributed by atoms with Gasteiger partial charge in [0.15, 0.2) is 0 Å². The fourth-order valence-electron chi connectivity index (χ4n) is 2.74. The molecule has 96 valence electrons. The van der Waals surface area contributed by atoms with Crippen molar-refractivity contribution in [3.05, 3.63) is 17.5 Å². The summed E-state index contributed by atoms with van der Waals surface area (Å²) in [4.78, 5) is 0. The smallest absolute Gasteiger partial charge is 0.0694 e. The first kappa shape index (κ1) is 12.6. The summed E-state index contributed by atoms with van der Waals surface area (Å²) in [6, 6.07) is 0.726. The Morgan fingerprint density at radius 1 is 1.35 bits per heavy atom. The molecule has 0 saturated heterocycles. The highest BCUT2D eigenvalue weighted by atomic mass is 15.3. The van der Waals surface area contributed by atoms with E-state index in [1.54, 1.807) is 0 Å². The minimum Gasteiger partial charge on any atom is -0.310 e. The molecule has 1 aliphatic carbocycles. The van der Waals surface area contributed by atoms with Crippen LogP contribution in [0.2, 0.25) is 0 Å². The van der Waals surface area contributed by atoms with Crippen LogP contribution in [-0.2, 0) is 13.6 Å². The second-order valence-electron chi connectivity index (χ2n) is 5.58. The summed E-state index contributed by atoms with van der Waals surface area (Å²) in [6.07, 6.45) is 9.05. The molecule has 1 saturated carbocycles. The van der Waals surface area contributed by atoms with Gasteiger partial charge in [0.05, 0.1) is 5.69 Å². The first-order chi connectivity index (χ1) is 8.16. The second kappa shape index (κ2) is 5.67. The van der Waals surface area contributed by atoms with Crippen molar-refractivity contribution in [3.8, 4) is 0 Å². The van der Waals surface area contributed by atoms with Crippen molar-refractivity contribution >= 4 is 0 Å². The predicted molar refractivity (Wildman–Crippen MR) is 71.0 cm³/mol. The molecule has 0 aromatic carbocycles. The van der Waals surface area contributed by atoms with Crippen molar-refractivity contribution in [3.63, 3.8) is 0 Å². The average Bonchev–Trinajstić information content (AvgIpc) is 2.69. The van der Waals surface area contributed by atoms with Crippen molar-refractivity contribution in [2.75, 3.05) is 0 Å². The summed E-state index contributed by atoms with van der Waals surface area (Å²) in [6.45, 7) is 5.41. The highest BCUT2D eigenvalue weighted by molar-refractivity contribution is 5.20. The van der Waals surface area contributed by atoms with Gasteiger partial charge < -0.3 is 5.32 Å². The van der Waals surface area contributed by atoms with Gasteiger partial charge in [-0.15, -0.1) is 0 Å². The standard InChI is InChI=1S/C14H25N3/c1-11(2)14-12(10-17(3)16-14)9-15-13-7-5-4-6-8-13/h10-11,13,15H,4-9H2,1-3H3. The van der Waals surface area contributed by atoms with Crippen LogP contribution in [0.25, 0.3) is 0 Å². The molecule has 0 amide bonds. The van der Waals surface area contributed by atoms with Crippen LogP contribution in [0.1, 0.15) is 63.1 Å². The lowest BCUT2D eigenvalue weighted by Crippen LogP contribution is -2.30. The fraction of sp³-hybridized carbons (Fsp3) is 0.786. The Bertz CT molecular complexity index is 348. The number of hydrogen-bond donors (Lipinski definition) is 1. The molecule has 3 nitrogen and oxygen atoms in total. The molecule has 1 aliphatic rings. The molecule has 0 atom stereocenters. The maximum Gasteiger partial charge on any atom is 0.0694 e. The van der Waals surface area contributed by atoms with E-state index in [4.69, 9.17) is 0 Å². The van der Waals surface area contributed by atoms with E-state index in [2.05, 4.69) is 30.5 Å². The maximum atomic E-state index is 4.55. The van der Waals surface area contributed by atoms with Gasteiger partial charge >= 0.3 is 0 Å². The lowest BCUT2D eigenvalue weighted by molar-refractivity contribution is 0.372. The SMILES string of the molecule is CC(C)c1nn(C)cc1CNC1CCCCC1. The zero-order chi connectivity index (χ0) is 12.3. The summed E-state index contributed by atoms with van der Waals surface area (Å²) < 4.78 is 1.94. The molecular formula is C14H25N3. The molecule has 1 fully saturated rings. The van der Waals surface area contributed by atoms with Crippen LogP contribution in [0.15, 0.2) is 6.20 Å². The topological polar surface area (TPSA) is 29.9 Å². The van der Waals surface area contributed by atoms with Gasteiger partial charge in [0.2, 0.25) is 0 Å². The van der Waals surface area contributed by atoms with E-state index >= 15 is 0 Å². The van der Waals surface area contributed by atoms with E-state index < -0.39 is 0 Å². The van der Waals surface area contributed by atoms with E-state index in [-0.39, 0.29) is 0 Å². The number of hydrogen-bond acceptors (Lipinski definition) is 2. The first-order valence-electron chi connectivity index (χ1n) is 6.92. The van der Waals surface area contributed by atoms with Crippen LogP contribution in [0.4, 0.5) is 0 Å². The summed E-state index contributed by atoms with van der Waals surface area (Å²) in [5.41, 5.74) is 2.61. The van der Waals surface area contributed by atoms with Gasteiger partial charge in [-0.25, -0.2) is 0 Å². The zero-order valence-electron chi connectivity index (χ0n) is 11.4. The molecule has 0 unspecified atom stereocenters. The Morgan fingerprint density at radius 2 is 2.06 bits per heavy atom. The van der Waals surface area contributed by atoms with Crippen LogP contribution >= 0.6 is 0 Å². The molecule has 0 spiro atoms. The van der Waals surface area contributed by atoms with Crippen LogP contribution in [-0.4, -0.2) is 15.8 Å². The number of aryl methyl sites for hydroxylation is 1. The monoisotopic (exact) mass is 235 g/mol. The molecule has 1 N–H and O–H groups in total. The molecule has 3 heteroatoms. The number of rotatable bonds is 4. The first-order valence-corrected chi connectivity index (χ1v) is 6.92. The number of nitrogens with one attached hydrogen (secondary N) is 1. The third kappa shape index (κ3) is 3.32. The van der Waals surface area contributed by atoms with Gasteiger partial charge in [0.1, 0.15) is 0 Å². The minimum atomic E-state index is 0.513. The third-order valence-corrected chi connectivity index (χ3v) is 3.67. The van der Waals surface area contributed by atoms with Crippen molar-refractivity contribution in [1.82, 2.24) is 15.1 Å². The molecule has 0 bridgehead atoms. The Morgan fingerprint density at radius 3 is 2.71 bits per heavy atom. The summed E-state index contributed by atoms with van der Waals surface area (Å²) in [5, 5.41) is 8.24. The van der Waals surface area contributed by atoms with E-state index in [0.29, 0.717) is 5.92 Å². The Labute approximate surface area is 105 Å². The van der Waals surface area contributed by atoms with Gasteiger partial charge in [0.25, 0.3) is 0 Å². The quantitative estimate of drug-likeness (QED) is 0.869. The Kier molecular flexibility index (Phi) is 4.21. The fourth-order valence-corrected chi connectivity index (χ4v) is 2.74. The van der Waals surface area contributed by atoms with Crippen molar-refractivity contribution in [2.45, 2.75) is 64.5 Å². The van der Waals surface area contributed by atoms with Crippen molar-refractivity contribution in [1.29, 1.82) is 0 Å². The molecule has 0 radical (unpaired) electrons. The largest absolute Gasteiger partial charge is 0.310 e. The summed E-state index contributed by atoms with van der Waals surface area (Å²) >= 11 is 0. The summed E-state index contributed by atoms with van der Waals surface area (Å²) in [5.74, 6) is 0.513. The normalized spacial score (nSPS) is 17.9. The molecule has 1 aromatic rings. The number of aromatic nitrogens is 2. The average molecular weight is 235 g/mol. The molecule has 2 rings (SSSR count). The zero-order valence-corrected chi connectivity index (χ0v) is 11.4. The predicted octanol–water partition coefficient (Wildman–Crippen LogP) is 2.97. The molecule has 1 heterocycles. The van der Waals surface area contributed by atoms with Gasteiger partial charge in [-0.05, 0) is 18.8 Å². The van der Waals surface area contributed by atoms with Crippen molar-refractivity contribution in [2.24, 2.45) is 7.05 Å². The Hall–Kier alpha value is -0.830. The van der Waals surface area contributed by atoms with Gasteiger partial charge in [0, 0.05) is 31.4 Å². The molecule has 0 aliphatic heterocycles. The molecule has 17 heavy (non-hydrogen) atoms. The second-order valence-corrected chi connectivity index (χ2v) is 5.58. The van der Waals surface area contributed by atoms with E-state index in [0.717, 1.165) is 12.6 Å². The third-order valence-electron chi connectivity index (χ3n) is 3.67. The van der Waals surface area contributed by atoms with Gasteiger partial charge in [-0.1, -0.05) is 33.1 Å². The van der Waals surface area contributed by atoms with Gasteiger partial charge in [-0.3, -0.25) is 4.68 Å². The van der Waals surface area contributed by atoms with Gasteiger partial charge in [-0.2, -0.15) is 5.10 Å². The highest BCUT2D eigenvalue weighted by Gasteiger charge is 2.15. The number of nitrogens with zero attached hydrogens (tertiary/aromatic N) is 2. The van der Waals surface area contributed by atoms with Crippen LogP contribution in [0.3, 0.4) is 0 Å². The lowest BCUT2D eigenvalue weighted by atomic mass is 9.95. The maximum absolute atomic E-state index is 4.55. The summed E-state index contributed by atoms with van der Waals surface area (Å²) in [7, 11) is 2.01. The van der Waals surface area contributed by atoms with Crippen LogP contribution in [0, 0.1) is 0 Å². The van der Waals surface area contributed by atoms with E-state index in [1.807, 2.05) is 11.7 Å². The minimum absolute atomic E-state index is 0.513. The van der Waals surface area contributed by atoms with E-state index in [1.165, 1.54) is 43.4 Å². The van der Waals surface area contributed by atoms with E-state index in [9.17, 15) is 0 Å². The molecule has 1 aromatic heterocycles. The highest BCUT2D eigenvalue weighted by Crippen LogP contribution is 2.20. The lowest BCUT2D eigenvalue weighted by Gasteiger charge is -2.22. The Balaban J connectivity index is 1.93. The van der Waals surface area contributed by atoms with Crippen LogP contribution in [0.5, 0.6) is 0 Å². The molecular weight excluding hydrogens is 210 g/mol. The van der Waals surface area contributed by atoms with Crippen LogP contribution < -0.4 is 5.32 Å². The van der Waals surface area contributed by atoms with Crippen molar-refractivity contribution < 1.29 is 0 Å².